The van der Waals surface area contributed by atoms with Crippen LogP contribution >= 0.6 is 0 Å². The molecule has 8 heteroatoms. The minimum Gasteiger partial charge on any atom is -0.465 e. The van der Waals surface area contributed by atoms with Crippen LogP contribution in [0.4, 0.5) is 0 Å². The van der Waals surface area contributed by atoms with Crippen molar-refractivity contribution >= 4 is 16.0 Å². The molecule has 1 saturated heterocycles. The zero-order chi connectivity index (χ0) is 15.3. The number of hydrogen-bond donors (Lipinski definition) is 2. The number of carbonyl (C=O) groups excluding carboxylic acids is 1. The first-order chi connectivity index (χ1) is 10.0. The molecule has 0 saturated carbocycles. The fourth-order valence-electron chi connectivity index (χ4n) is 1.93. The van der Waals surface area contributed by atoms with Crippen LogP contribution in [0, 0.1) is 0 Å². The molecule has 2 rings (SSSR count). The largest absolute Gasteiger partial charge is 0.465 e. The van der Waals surface area contributed by atoms with Gasteiger partial charge in [-0.1, -0.05) is 0 Å². The van der Waals surface area contributed by atoms with Crippen LogP contribution in [0.1, 0.15) is 10.4 Å². The second kappa shape index (κ2) is 6.99. The lowest BCUT2D eigenvalue weighted by atomic mass is 10.2. The van der Waals surface area contributed by atoms with Gasteiger partial charge >= 0.3 is 5.97 Å². The molecule has 21 heavy (non-hydrogen) atoms. The van der Waals surface area contributed by atoms with E-state index >= 15 is 0 Å². The molecule has 1 heterocycles. The summed E-state index contributed by atoms with van der Waals surface area (Å²) >= 11 is 0. The molecule has 1 fully saturated rings. The molecule has 7 nitrogen and oxygen atoms in total. The number of sulfonamides is 1. The molecule has 0 radical (unpaired) electrons. The number of carbonyl (C=O) groups is 1. The van der Waals surface area contributed by atoms with E-state index in [2.05, 4.69) is 14.8 Å². The van der Waals surface area contributed by atoms with Crippen molar-refractivity contribution in [3.05, 3.63) is 29.8 Å². The summed E-state index contributed by atoms with van der Waals surface area (Å²) in [6.45, 7) is 2.07. The Hall–Kier alpha value is -1.48. The highest BCUT2D eigenvalue weighted by Gasteiger charge is 2.19. The first kappa shape index (κ1) is 15.9. The van der Waals surface area contributed by atoms with Crippen LogP contribution in [-0.4, -0.2) is 53.8 Å². The van der Waals surface area contributed by atoms with E-state index in [4.69, 9.17) is 4.74 Å². The van der Waals surface area contributed by atoms with Gasteiger partial charge in [-0.05, 0) is 24.3 Å². The molecule has 1 unspecified atom stereocenters. The van der Waals surface area contributed by atoms with Gasteiger partial charge in [0, 0.05) is 19.1 Å². The standard InChI is InChI=1S/C13H18N2O5S/c1-19-13(16)10-2-4-12(5-3-10)21(17,18)15-8-11-9-20-7-6-14-11/h2-5,11,14-15H,6-9H2,1H3. The Balaban J connectivity index is 1.99. The molecule has 0 spiro atoms. The molecule has 1 atom stereocenters. The van der Waals surface area contributed by atoms with Gasteiger partial charge in [0.25, 0.3) is 0 Å². The Morgan fingerprint density at radius 1 is 1.43 bits per heavy atom. The number of nitrogens with one attached hydrogen (secondary N) is 2. The molecule has 0 amide bonds. The Labute approximate surface area is 123 Å². The van der Waals surface area contributed by atoms with Crippen molar-refractivity contribution < 1.29 is 22.7 Å². The van der Waals surface area contributed by atoms with Gasteiger partial charge in [0.1, 0.15) is 0 Å². The highest BCUT2D eigenvalue weighted by molar-refractivity contribution is 7.89. The molecular weight excluding hydrogens is 296 g/mol. The Morgan fingerprint density at radius 3 is 2.71 bits per heavy atom. The summed E-state index contributed by atoms with van der Waals surface area (Å²) in [5, 5.41) is 3.16. The maximum atomic E-state index is 12.1. The van der Waals surface area contributed by atoms with Crippen LogP contribution in [0.2, 0.25) is 0 Å². The van der Waals surface area contributed by atoms with Gasteiger partial charge < -0.3 is 14.8 Å². The third-order valence-corrected chi connectivity index (χ3v) is 4.54. The molecule has 0 aromatic heterocycles. The average Bonchev–Trinajstić information content (AvgIpc) is 2.53. The Morgan fingerprint density at radius 2 is 2.14 bits per heavy atom. The Bertz CT molecular complexity index is 579. The van der Waals surface area contributed by atoms with Crippen molar-refractivity contribution in [3.8, 4) is 0 Å². The fourth-order valence-corrected chi connectivity index (χ4v) is 3.01. The normalized spacial score (nSPS) is 19.2. The quantitative estimate of drug-likeness (QED) is 0.727. The zero-order valence-electron chi connectivity index (χ0n) is 11.7. The molecular formula is C13H18N2O5S. The van der Waals surface area contributed by atoms with E-state index in [1.807, 2.05) is 0 Å². The summed E-state index contributed by atoms with van der Waals surface area (Å²) < 4.78 is 36.6. The van der Waals surface area contributed by atoms with Gasteiger partial charge in [0.2, 0.25) is 10.0 Å². The predicted octanol–water partition coefficient (Wildman–Crippen LogP) is -0.260. The van der Waals surface area contributed by atoms with Gasteiger partial charge in [-0.25, -0.2) is 17.9 Å². The van der Waals surface area contributed by atoms with Crippen LogP contribution < -0.4 is 10.0 Å². The van der Waals surface area contributed by atoms with E-state index in [1.165, 1.54) is 31.4 Å². The fraction of sp³-hybridized carbons (Fsp3) is 0.462. The molecule has 116 valence electrons. The van der Waals surface area contributed by atoms with Gasteiger partial charge in [0.15, 0.2) is 0 Å². The molecule has 1 aliphatic heterocycles. The van der Waals surface area contributed by atoms with Gasteiger partial charge in [-0.3, -0.25) is 0 Å². The van der Waals surface area contributed by atoms with Crippen LogP contribution in [0.5, 0.6) is 0 Å². The molecule has 0 aliphatic carbocycles. The first-order valence-corrected chi connectivity index (χ1v) is 8.00. The van der Waals surface area contributed by atoms with Crippen molar-refractivity contribution in [2.24, 2.45) is 0 Å². The summed E-state index contributed by atoms with van der Waals surface area (Å²) in [7, 11) is -2.33. The molecule has 1 aromatic rings. The van der Waals surface area contributed by atoms with Crippen molar-refractivity contribution in [2.75, 3.05) is 33.4 Å². The summed E-state index contributed by atoms with van der Waals surface area (Å²) in [6, 6.07) is 5.55. The SMILES string of the molecule is COC(=O)c1ccc(S(=O)(=O)NCC2COCCN2)cc1. The van der Waals surface area contributed by atoms with Crippen molar-refractivity contribution in [1.82, 2.24) is 10.0 Å². The summed E-state index contributed by atoms with van der Waals surface area (Å²) in [4.78, 5) is 11.4. The Kier molecular flexibility index (Phi) is 5.29. The van der Waals surface area contributed by atoms with Gasteiger partial charge in [-0.15, -0.1) is 0 Å². The number of benzene rings is 1. The average molecular weight is 314 g/mol. The smallest absolute Gasteiger partial charge is 0.337 e. The first-order valence-electron chi connectivity index (χ1n) is 6.52. The third-order valence-electron chi connectivity index (χ3n) is 3.10. The number of methoxy groups -OCH3 is 1. The van der Waals surface area contributed by atoms with Gasteiger partial charge in [0.05, 0.1) is 30.8 Å². The monoisotopic (exact) mass is 314 g/mol. The van der Waals surface area contributed by atoms with E-state index in [0.29, 0.717) is 25.3 Å². The van der Waals surface area contributed by atoms with E-state index in [1.54, 1.807) is 0 Å². The van der Waals surface area contributed by atoms with E-state index in [9.17, 15) is 13.2 Å². The minimum absolute atomic E-state index is 0.0390. The number of morpholine rings is 1. The van der Waals surface area contributed by atoms with Gasteiger partial charge in [-0.2, -0.15) is 0 Å². The lowest BCUT2D eigenvalue weighted by Gasteiger charge is -2.23. The van der Waals surface area contributed by atoms with Crippen molar-refractivity contribution in [1.29, 1.82) is 0 Å². The van der Waals surface area contributed by atoms with Crippen LogP contribution in [0.25, 0.3) is 0 Å². The van der Waals surface area contributed by atoms with Crippen LogP contribution in [0.15, 0.2) is 29.2 Å². The molecule has 1 aliphatic rings. The third kappa shape index (κ3) is 4.24. The van der Waals surface area contributed by atoms with Crippen molar-refractivity contribution in [2.45, 2.75) is 10.9 Å². The number of esters is 1. The maximum absolute atomic E-state index is 12.1. The second-order valence-electron chi connectivity index (χ2n) is 4.59. The van der Waals surface area contributed by atoms with E-state index in [0.717, 1.165) is 0 Å². The predicted molar refractivity (Wildman–Crippen MR) is 75.6 cm³/mol. The van der Waals surface area contributed by atoms with Crippen molar-refractivity contribution in [3.63, 3.8) is 0 Å². The molecule has 0 bridgehead atoms. The second-order valence-corrected chi connectivity index (χ2v) is 6.36. The highest BCUT2D eigenvalue weighted by atomic mass is 32.2. The summed E-state index contributed by atoms with van der Waals surface area (Å²) in [5.74, 6) is -0.504. The van der Waals surface area contributed by atoms with Crippen LogP contribution in [0.3, 0.4) is 0 Å². The maximum Gasteiger partial charge on any atom is 0.337 e. The number of hydrogen-bond acceptors (Lipinski definition) is 6. The lowest BCUT2D eigenvalue weighted by molar-refractivity contribution is 0.0600. The number of rotatable bonds is 5. The number of ether oxygens (including phenoxy) is 2. The zero-order valence-corrected chi connectivity index (χ0v) is 12.5. The van der Waals surface area contributed by atoms with E-state index in [-0.39, 0.29) is 17.5 Å². The lowest BCUT2D eigenvalue weighted by Crippen LogP contribution is -2.48. The summed E-state index contributed by atoms with van der Waals surface area (Å²) in [6.07, 6.45) is 0. The topological polar surface area (TPSA) is 93.7 Å². The molecule has 1 aromatic carbocycles. The minimum atomic E-state index is -3.61. The van der Waals surface area contributed by atoms with Crippen LogP contribution in [-0.2, 0) is 19.5 Å². The van der Waals surface area contributed by atoms with E-state index < -0.39 is 16.0 Å². The highest BCUT2D eigenvalue weighted by Crippen LogP contribution is 2.11. The summed E-state index contributed by atoms with van der Waals surface area (Å²) in [5.41, 5.74) is 0.304. The molecule has 2 N–H and O–H groups in total.